The lowest BCUT2D eigenvalue weighted by atomic mass is 9.84. The van der Waals surface area contributed by atoms with Crippen LogP contribution in [0.3, 0.4) is 0 Å². The largest absolute Gasteiger partial charge is 0.393 e. The number of hydrogen-bond acceptors (Lipinski definition) is 3. The Kier molecular flexibility index (Phi) is 4.42. The number of rotatable bonds is 3. The van der Waals surface area contributed by atoms with Gasteiger partial charge in [0.05, 0.1) is 19.3 Å². The van der Waals surface area contributed by atoms with E-state index in [1.54, 1.807) is 0 Å². The van der Waals surface area contributed by atoms with E-state index in [0.717, 1.165) is 39.3 Å². The molecule has 3 heteroatoms. The van der Waals surface area contributed by atoms with Crippen molar-refractivity contribution in [3.05, 3.63) is 0 Å². The van der Waals surface area contributed by atoms with Gasteiger partial charge in [0.1, 0.15) is 0 Å². The predicted molar refractivity (Wildman–Crippen MR) is 59.8 cm³/mol. The lowest BCUT2D eigenvalue weighted by Crippen LogP contribution is -2.38. The molecule has 1 aliphatic heterocycles. The molecule has 2 atom stereocenters. The molecule has 1 saturated carbocycles. The zero-order chi connectivity index (χ0) is 10.5. The average Bonchev–Trinajstić information content (AvgIpc) is 2.29. The molecule has 0 amide bonds. The first-order valence-electron chi connectivity index (χ1n) is 6.34. The Hall–Kier alpha value is -0.120. The molecule has 2 fully saturated rings. The maximum atomic E-state index is 9.86. The molecule has 0 spiro atoms. The third-order valence-corrected chi connectivity index (χ3v) is 3.79. The first-order valence-corrected chi connectivity index (χ1v) is 6.34. The summed E-state index contributed by atoms with van der Waals surface area (Å²) in [6.45, 7) is 5.05. The molecular formula is C12H23NO2. The first kappa shape index (κ1) is 11.4. The van der Waals surface area contributed by atoms with Gasteiger partial charge in [-0.15, -0.1) is 0 Å². The van der Waals surface area contributed by atoms with Gasteiger partial charge < -0.3 is 9.84 Å². The highest BCUT2D eigenvalue weighted by Crippen LogP contribution is 2.27. The molecule has 1 aliphatic carbocycles. The summed E-state index contributed by atoms with van der Waals surface area (Å²) < 4.78 is 5.32. The second-order valence-corrected chi connectivity index (χ2v) is 4.85. The molecular weight excluding hydrogens is 190 g/mol. The smallest absolute Gasteiger partial charge is 0.0594 e. The van der Waals surface area contributed by atoms with Gasteiger partial charge in [-0.05, 0) is 31.7 Å². The van der Waals surface area contributed by atoms with E-state index in [4.69, 9.17) is 4.74 Å². The van der Waals surface area contributed by atoms with Crippen molar-refractivity contribution in [2.75, 3.05) is 32.8 Å². The number of morpholine rings is 1. The molecule has 1 saturated heterocycles. The van der Waals surface area contributed by atoms with Gasteiger partial charge in [-0.3, -0.25) is 4.90 Å². The summed E-state index contributed by atoms with van der Waals surface area (Å²) in [4.78, 5) is 2.46. The van der Waals surface area contributed by atoms with Gasteiger partial charge in [-0.1, -0.05) is 12.8 Å². The van der Waals surface area contributed by atoms with E-state index in [9.17, 15) is 5.11 Å². The number of hydrogen-bond donors (Lipinski definition) is 1. The molecule has 1 N–H and O–H groups in total. The summed E-state index contributed by atoms with van der Waals surface area (Å²) in [7, 11) is 0. The Morgan fingerprint density at radius 2 is 1.87 bits per heavy atom. The van der Waals surface area contributed by atoms with Crippen LogP contribution in [0, 0.1) is 5.92 Å². The van der Waals surface area contributed by atoms with Gasteiger partial charge in [0.15, 0.2) is 0 Å². The van der Waals surface area contributed by atoms with Crippen LogP contribution in [-0.2, 0) is 4.74 Å². The fourth-order valence-electron chi connectivity index (χ4n) is 2.70. The minimum absolute atomic E-state index is 0.0280. The third-order valence-electron chi connectivity index (χ3n) is 3.79. The maximum absolute atomic E-state index is 9.86. The maximum Gasteiger partial charge on any atom is 0.0594 e. The fourth-order valence-corrected chi connectivity index (χ4v) is 2.70. The summed E-state index contributed by atoms with van der Waals surface area (Å²) in [5, 5.41) is 9.86. The van der Waals surface area contributed by atoms with Crippen LogP contribution in [0.4, 0.5) is 0 Å². The molecule has 2 rings (SSSR count). The molecule has 0 radical (unpaired) electrons. The van der Waals surface area contributed by atoms with Gasteiger partial charge in [0, 0.05) is 13.1 Å². The highest BCUT2D eigenvalue weighted by Gasteiger charge is 2.23. The Balaban J connectivity index is 1.67. The van der Waals surface area contributed by atoms with E-state index >= 15 is 0 Å². The van der Waals surface area contributed by atoms with E-state index in [0.29, 0.717) is 5.92 Å². The van der Waals surface area contributed by atoms with Crippen molar-refractivity contribution in [3.8, 4) is 0 Å². The van der Waals surface area contributed by atoms with Crippen LogP contribution in [0.2, 0.25) is 0 Å². The van der Waals surface area contributed by atoms with Crippen molar-refractivity contribution < 1.29 is 9.84 Å². The molecule has 0 aromatic rings. The van der Waals surface area contributed by atoms with Gasteiger partial charge in [0.25, 0.3) is 0 Å². The molecule has 1 heterocycles. The normalized spacial score (nSPS) is 34.2. The van der Waals surface area contributed by atoms with Crippen LogP contribution in [0.15, 0.2) is 0 Å². The highest BCUT2D eigenvalue weighted by molar-refractivity contribution is 4.76. The van der Waals surface area contributed by atoms with Crippen molar-refractivity contribution in [3.63, 3.8) is 0 Å². The van der Waals surface area contributed by atoms with Crippen molar-refractivity contribution in [1.82, 2.24) is 4.90 Å². The number of aliphatic hydroxyl groups is 1. The van der Waals surface area contributed by atoms with E-state index < -0.39 is 0 Å². The Morgan fingerprint density at radius 3 is 2.60 bits per heavy atom. The van der Waals surface area contributed by atoms with E-state index in [2.05, 4.69) is 4.90 Å². The van der Waals surface area contributed by atoms with Gasteiger partial charge >= 0.3 is 0 Å². The molecule has 2 aliphatic rings. The number of aliphatic hydroxyl groups excluding tert-OH is 1. The van der Waals surface area contributed by atoms with Crippen LogP contribution in [0.25, 0.3) is 0 Å². The first-order chi connectivity index (χ1) is 7.36. The fraction of sp³-hybridized carbons (Fsp3) is 1.00. The lowest BCUT2D eigenvalue weighted by Gasteiger charge is -2.31. The average molecular weight is 213 g/mol. The third kappa shape index (κ3) is 3.44. The second-order valence-electron chi connectivity index (χ2n) is 4.85. The summed E-state index contributed by atoms with van der Waals surface area (Å²) in [5.41, 5.74) is 0. The Morgan fingerprint density at radius 1 is 1.13 bits per heavy atom. The predicted octanol–water partition coefficient (Wildman–Crippen LogP) is 1.26. The van der Waals surface area contributed by atoms with Crippen LogP contribution in [0.5, 0.6) is 0 Å². The lowest BCUT2D eigenvalue weighted by molar-refractivity contribution is 0.0223. The molecule has 3 nitrogen and oxygen atoms in total. The van der Waals surface area contributed by atoms with E-state index in [1.807, 2.05) is 0 Å². The van der Waals surface area contributed by atoms with Crippen molar-refractivity contribution in [2.24, 2.45) is 5.92 Å². The Labute approximate surface area is 92.4 Å². The summed E-state index contributed by atoms with van der Waals surface area (Å²) in [6, 6.07) is 0. The van der Waals surface area contributed by atoms with Crippen LogP contribution >= 0.6 is 0 Å². The molecule has 0 aromatic heterocycles. The molecule has 15 heavy (non-hydrogen) atoms. The standard InChI is InChI=1S/C12H23NO2/c14-12-4-2-1-3-11(12)5-6-13-7-9-15-10-8-13/h11-12,14H,1-10H2. The van der Waals surface area contributed by atoms with E-state index in [1.165, 1.54) is 25.7 Å². The molecule has 0 aromatic carbocycles. The van der Waals surface area contributed by atoms with Crippen LogP contribution in [-0.4, -0.2) is 49.0 Å². The SMILES string of the molecule is OC1CCCCC1CCN1CCOCC1. The number of nitrogens with zero attached hydrogens (tertiary/aromatic N) is 1. The summed E-state index contributed by atoms with van der Waals surface area (Å²) >= 11 is 0. The monoisotopic (exact) mass is 213 g/mol. The molecule has 2 unspecified atom stereocenters. The van der Waals surface area contributed by atoms with Crippen LogP contribution < -0.4 is 0 Å². The topological polar surface area (TPSA) is 32.7 Å². The number of ether oxygens (including phenoxy) is 1. The Bertz CT molecular complexity index is 180. The quantitative estimate of drug-likeness (QED) is 0.766. The van der Waals surface area contributed by atoms with E-state index in [-0.39, 0.29) is 6.10 Å². The van der Waals surface area contributed by atoms with Gasteiger partial charge in [0.2, 0.25) is 0 Å². The van der Waals surface area contributed by atoms with Crippen molar-refractivity contribution >= 4 is 0 Å². The minimum atomic E-state index is -0.0280. The summed E-state index contributed by atoms with van der Waals surface area (Å²) in [6.07, 6.45) is 5.92. The zero-order valence-corrected chi connectivity index (χ0v) is 9.53. The van der Waals surface area contributed by atoms with Crippen LogP contribution in [0.1, 0.15) is 32.1 Å². The summed E-state index contributed by atoms with van der Waals surface area (Å²) in [5.74, 6) is 0.557. The van der Waals surface area contributed by atoms with Crippen molar-refractivity contribution in [2.45, 2.75) is 38.2 Å². The zero-order valence-electron chi connectivity index (χ0n) is 9.53. The minimum Gasteiger partial charge on any atom is -0.393 e. The highest BCUT2D eigenvalue weighted by atomic mass is 16.5. The molecule has 88 valence electrons. The second kappa shape index (κ2) is 5.83. The van der Waals surface area contributed by atoms with Gasteiger partial charge in [-0.25, -0.2) is 0 Å². The van der Waals surface area contributed by atoms with Crippen molar-refractivity contribution in [1.29, 1.82) is 0 Å². The van der Waals surface area contributed by atoms with Gasteiger partial charge in [-0.2, -0.15) is 0 Å². The molecule has 0 bridgehead atoms.